The second kappa shape index (κ2) is 5.52. The molecule has 1 saturated carbocycles. The topological polar surface area (TPSA) is 16.4 Å². The summed E-state index contributed by atoms with van der Waals surface area (Å²) in [4.78, 5) is 2.70. The molecule has 0 unspecified atom stereocenters. The second-order valence-electron chi connectivity index (χ2n) is 9.37. The lowest BCUT2D eigenvalue weighted by atomic mass is 9.71. The Bertz CT molecular complexity index is 974. The Kier molecular flexibility index (Phi) is 3.44. The van der Waals surface area contributed by atoms with Crippen LogP contribution in [0.15, 0.2) is 40.8 Å². The number of fused-ring (bicyclic) bond motifs is 3. The first-order chi connectivity index (χ1) is 12.5. The molecule has 1 aliphatic heterocycles. The molecule has 0 bridgehead atoms. The van der Waals surface area contributed by atoms with Gasteiger partial charge in [-0.1, -0.05) is 37.5 Å². The molecule has 2 aromatic carbocycles. The molecule has 1 aliphatic carbocycles. The van der Waals surface area contributed by atoms with Crippen LogP contribution in [0.5, 0.6) is 0 Å². The monoisotopic (exact) mass is 347 g/mol. The minimum absolute atomic E-state index is 0.218. The summed E-state index contributed by atoms with van der Waals surface area (Å²) in [7, 11) is 0. The van der Waals surface area contributed by atoms with E-state index in [0.29, 0.717) is 5.41 Å². The lowest BCUT2D eigenvalue weighted by molar-refractivity contribution is 0.204. The summed E-state index contributed by atoms with van der Waals surface area (Å²) >= 11 is 0. The fourth-order valence-corrected chi connectivity index (χ4v) is 5.82. The van der Waals surface area contributed by atoms with Crippen molar-refractivity contribution in [1.29, 1.82) is 0 Å². The normalized spacial score (nSPS) is 21.9. The number of aryl methyl sites for hydroxylation is 1. The van der Waals surface area contributed by atoms with Gasteiger partial charge in [-0.2, -0.15) is 0 Å². The van der Waals surface area contributed by atoms with Crippen LogP contribution in [-0.4, -0.2) is 12.1 Å². The molecule has 0 amide bonds. The minimum atomic E-state index is 0.218. The Labute approximate surface area is 156 Å². The first kappa shape index (κ1) is 16.2. The van der Waals surface area contributed by atoms with E-state index in [2.05, 4.69) is 62.1 Å². The molecule has 2 heteroatoms. The highest BCUT2D eigenvalue weighted by Crippen LogP contribution is 2.52. The van der Waals surface area contributed by atoms with Gasteiger partial charge in [0.2, 0.25) is 0 Å². The Balaban J connectivity index is 1.63. The molecule has 136 valence electrons. The van der Waals surface area contributed by atoms with Gasteiger partial charge in [0.25, 0.3) is 0 Å². The summed E-state index contributed by atoms with van der Waals surface area (Å²) < 4.78 is 6.09. The minimum Gasteiger partial charge on any atom is -0.456 e. The molecule has 1 spiro atoms. The van der Waals surface area contributed by atoms with Crippen LogP contribution >= 0.6 is 0 Å². The fraction of sp³-hybridized carbons (Fsp3) is 0.500. The zero-order valence-corrected chi connectivity index (χ0v) is 16.3. The zero-order chi connectivity index (χ0) is 17.9. The summed E-state index contributed by atoms with van der Waals surface area (Å²) in [6, 6.07) is 13.0. The van der Waals surface area contributed by atoms with E-state index in [4.69, 9.17) is 4.42 Å². The van der Waals surface area contributed by atoms with Crippen molar-refractivity contribution in [2.45, 2.75) is 64.8 Å². The predicted molar refractivity (Wildman–Crippen MR) is 110 cm³/mol. The Morgan fingerprint density at radius 2 is 1.69 bits per heavy atom. The summed E-state index contributed by atoms with van der Waals surface area (Å²) in [6.45, 7) is 8.33. The van der Waals surface area contributed by atoms with Crippen molar-refractivity contribution in [3.63, 3.8) is 0 Å². The molecule has 26 heavy (non-hydrogen) atoms. The van der Waals surface area contributed by atoms with E-state index in [1.165, 1.54) is 67.1 Å². The van der Waals surface area contributed by atoms with E-state index in [9.17, 15) is 0 Å². The standard InChI is InChI=1S/C24H29NO/c1-17-13-22-19(18-9-5-6-10-21(18)26-22)14-20(17)25-16-24(15-23(25,2)3)11-7-4-8-12-24/h5-6,9-10,13-14H,4,7-8,11-12,15-16H2,1-3H3. The SMILES string of the molecule is Cc1cc2oc3ccccc3c2cc1N1CC2(CCCCC2)CC1(C)C. The third-order valence-electron chi connectivity index (χ3n) is 6.93. The Morgan fingerprint density at radius 1 is 0.923 bits per heavy atom. The molecular weight excluding hydrogens is 318 g/mol. The van der Waals surface area contributed by atoms with Gasteiger partial charge < -0.3 is 9.32 Å². The number of rotatable bonds is 1. The zero-order valence-electron chi connectivity index (χ0n) is 16.3. The lowest BCUT2D eigenvalue weighted by Gasteiger charge is -2.35. The molecule has 0 radical (unpaired) electrons. The van der Waals surface area contributed by atoms with Gasteiger partial charge in [0.05, 0.1) is 0 Å². The number of hydrogen-bond donors (Lipinski definition) is 0. The van der Waals surface area contributed by atoms with Crippen LogP contribution in [0.25, 0.3) is 21.9 Å². The summed E-state index contributed by atoms with van der Waals surface area (Å²) in [5.74, 6) is 0. The van der Waals surface area contributed by atoms with Crippen LogP contribution in [0.3, 0.4) is 0 Å². The van der Waals surface area contributed by atoms with Crippen molar-refractivity contribution < 1.29 is 4.42 Å². The van der Waals surface area contributed by atoms with Crippen LogP contribution in [-0.2, 0) is 0 Å². The van der Waals surface area contributed by atoms with E-state index in [1.807, 2.05) is 0 Å². The average Bonchev–Trinajstić information content (AvgIpc) is 3.08. The predicted octanol–water partition coefficient (Wildman–Crippen LogP) is 6.83. The van der Waals surface area contributed by atoms with E-state index in [1.54, 1.807) is 0 Å². The molecule has 1 saturated heterocycles. The first-order valence-electron chi connectivity index (χ1n) is 10.2. The Morgan fingerprint density at radius 3 is 2.50 bits per heavy atom. The number of hydrogen-bond acceptors (Lipinski definition) is 2. The number of furan rings is 1. The number of para-hydroxylation sites is 1. The average molecular weight is 348 g/mol. The third-order valence-corrected chi connectivity index (χ3v) is 6.93. The van der Waals surface area contributed by atoms with Crippen LogP contribution < -0.4 is 4.90 Å². The maximum Gasteiger partial charge on any atom is 0.135 e. The molecule has 2 nitrogen and oxygen atoms in total. The number of anilines is 1. The maximum atomic E-state index is 6.09. The van der Waals surface area contributed by atoms with Crippen molar-refractivity contribution in [2.24, 2.45) is 5.41 Å². The van der Waals surface area contributed by atoms with E-state index in [0.717, 1.165) is 11.2 Å². The second-order valence-corrected chi connectivity index (χ2v) is 9.37. The highest BCUT2D eigenvalue weighted by atomic mass is 16.3. The van der Waals surface area contributed by atoms with Gasteiger partial charge in [-0.05, 0) is 69.2 Å². The van der Waals surface area contributed by atoms with Crippen molar-refractivity contribution in [3.05, 3.63) is 42.0 Å². The van der Waals surface area contributed by atoms with Crippen molar-refractivity contribution >= 4 is 27.6 Å². The molecule has 1 aromatic heterocycles. The molecule has 0 N–H and O–H groups in total. The van der Waals surface area contributed by atoms with Crippen molar-refractivity contribution in [3.8, 4) is 0 Å². The van der Waals surface area contributed by atoms with Gasteiger partial charge in [0.1, 0.15) is 11.2 Å². The van der Waals surface area contributed by atoms with Gasteiger partial charge in [0.15, 0.2) is 0 Å². The van der Waals surface area contributed by atoms with Gasteiger partial charge in [-0.3, -0.25) is 0 Å². The quantitative estimate of drug-likeness (QED) is 0.479. The smallest absolute Gasteiger partial charge is 0.135 e. The van der Waals surface area contributed by atoms with E-state index < -0.39 is 0 Å². The third kappa shape index (κ3) is 2.38. The lowest BCUT2D eigenvalue weighted by Crippen LogP contribution is -2.38. The Hall–Kier alpha value is -1.96. The number of benzene rings is 2. The van der Waals surface area contributed by atoms with Gasteiger partial charge >= 0.3 is 0 Å². The van der Waals surface area contributed by atoms with E-state index >= 15 is 0 Å². The highest BCUT2D eigenvalue weighted by Gasteiger charge is 2.48. The van der Waals surface area contributed by atoms with Crippen LogP contribution in [0.4, 0.5) is 5.69 Å². The van der Waals surface area contributed by atoms with Gasteiger partial charge in [-0.25, -0.2) is 0 Å². The van der Waals surface area contributed by atoms with Crippen molar-refractivity contribution in [2.75, 3.05) is 11.4 Å². The van der Waals surface area contributed by atoms with E-state index in [-0.39, 0.29) is 5.54 Å². The van der Waals surface area contributed by atoms with Crippen LogP contribution in [0, 0.1) is 12.3 Å². The first-order valence-corrected chi connectivity index (χ1v) is 10.2. The molecule has 3 aromatic rings. The summed E-state index contributed by atoms with van der Waals surface area (Å²) in [5, 5.41) is 2.48. The van der Waals surface area contributed by atoms with Crippen LogP contribution in [0.1, 0.15) is 57.9 Å². The molecule has 5 rings (SSSR count). The summed E-state index contributed by atoms with van der Waals surface area (Å²) in [6.07, 6.45) is 8.38. The van der Waals surface area contributed by atoms with Crippen LogP contribution in [0.2, 0.25) is 0 Å². The van der Waals surface area contributed by atoms with Gasteiger partial charge in [0, 0.05) is 28.5 Å². The highest BCUT2D eigenvalue weighted by molar-refractivity contribution is 6.06. The number of nitrogens with zero attached hydrogens (tertiary/aromatic N) is 1. The molecule has 2 heterocycles. The molecule has 2 aliphatic rings. The largest absolute Gasteiger partial charge is 0.456 e. The molecule has 2 fully saturated rings. The summed E-state index contributed by atoms with van der Waals surface area (Å²) in [5.41, 5.74) is 5.48. The van der Waals surface area contributed by atoms with Gasteiger partial charge in [-0.15, -0.1) is 0 Å². The van der Waals surface area contributed by atoms with Crippen molar-refractivity contribution in [1.82, 2.24) is 0 Å². The molecule has 0 atom stereocenters. The molecular formula is C24H29NO. The maximum absolute atomic E-state index is 6.09. The fourth-order valence-electron chi connectivity index (χ4n) is 5.82.